The van der Waals surface area contributed by atoms with Crippen LogP contribution in [0.1, 0.15) is 43.6 Å². The first-order valence-corrected chi connectivity index (χ1v) is 12.5. The number of ether oxygens (including phenoxy) is 3. The summed E-state index contributed by atoms with van der Waals surface area (Å²) < 4.78 is 18.7. The quantitative estimate of drug-likeness (QED) is 0.471. The Kier molecular flexibility index (Phi) is 6.62. The van der Waals surface area contributed by atoms with Crippen molar-refractivity contribution in [3.63, 3.8) is 0 Å². The average molecular weight is 481 g/mol. The number of thioether (sulfide) groups is 1. The van der Waals surface area contributed by atoms with Crippen molar-refractivity contribution in [2.24, 2.45) is 0 Å². The number of hydrogen-bond donors (Lipinski definition) is 1. The molecule has 1 aliphatic heterocycles. The van der Waals surface area contributed by atoms with Crippen molar-refractivity contribution in [1.82, 2.24) is 14.8 Å². The fraction of sp³-hybridized carbons (Fsp3) is 0.400. The van der Waals surface area contributed by atoms with E-state index in [1.807, 2.05) is 24.5 Å². The molecule has 0 saturated heterocycles. The molecule has 8 nitrogen and oxygen atoms in total. The van der Waals surface area contributed by atoms with Crippen LogP contribution >= 0.6 is 11.8 Å². The zero-order chi connectivity index (χ0) is 23.5. The van der Waals surface area contributed by atoms with Crippen molar-refractivity contribution in [3.8, 4) is 17.2 Å². The summed E-state index contributed by atoms with van der Waals surface area (Å²) >= 11 is 1.37. The highest BCUT2D eigenvalue weighted by Gasteiger charge is 2.21. The highest BCUT2D eigenvalue weighted by molar-refractivity contribution is 8.00. The van der Waals surface area contributed by atoms with Gasteiger partial charge in [-0.1, -0.05) is 17.8 Å². The molecule has 1 atom stereocenters. The highest BCUT2D eigenvalue weighted by atomic mass is 32.2. The van der Waals surface area contributed by atoms with Crippen LogP contribution in [0.15, 0.2) is 41.6 Å². The summed E-state index contributed by atoms with van der Waals surface area (Å²) in [6, 6.07) is 11.7. The van der Waals surface area contributed by atoms with Crippen molar-refractivity contribution in [2.45, 2.75) is 63.1 Å². The van der Waals surface area contributed by atoms with Crippen LogP contribution in [-0.2, 0) is 30.8 Å². The van der Waals surface area contributed by atoms with Crippen molar-refractivity contribution < 1.29 is 19.0 Å². The molecule has 2 heterocycles. The topological polar surface area (TPSA) is 87.5 Å². The van der Waals surface area contributed by atoms with Crippen LogP contribution in [0.5, 0.6) is 17.2 Å². The van der Waals surface area contributed by atoms with E-state index in [4.69, 9.17) is 14.2 Å². The van der Waals surface area contributed by atoms with Crippen LogP contribution in [-0.4, -0.2) is 32.7 Å². The molecular weight excluding hydrogens is 452 g/mol. The summed E-state index contributed by atoms with van der Waals surface area (Å²) in [4.78, 5) is 12.8. The molecule has 5 rings (SSSR count). The molecule has 1 amide bonds. The first kappa shape index (κ1) is 22.6. The predicted molar refractivity (Wildman–Crippen MR) is 130 cm³/mol. The minimum absolute atomic E-state index is 0.124. The second-order valence-corrected chi connectivity index (χ2v) is 9.69. The molecule has 2 aliphatic rings. The average Bonchev–Trinajstić information content (AvgIpc) is 3.48. The summed E-state index contributed by atoms with van der Waals surface area (Å²) in [5.74, 6) is 2.79. The Labute approximate surface area is 203 Å². The number of carbonyl (C=O) groups is 1. The molecule has 1 aromatic heterocycles. The second kappa shape index (κ2) is 9.97. The Bertz CT molecular complexity index is 1200. The third-order valence-electron chi connectivity index (χ3n) is 6.09. The smallest absolute Gasteiger partial charge is 0.237 e. The van der Waals surface area contributed by atoms with Gasteiger partial charge in [0.2, 0.25) is 12.7 Å². The van der Waals surface area contributed by atoms with E-state index >= 15 is 0 Å². The minimum Gasteiger partial charge on any atom is -0.486 e. The highest BCUT2D eigenvalue weighted by Crippen LogP contribution is 2.34. The van der Waals surface area contributed by atoms with E-state index in [1.165, 1.54) is 35.7 Å². The van der Waals surface area contributed by atoms with E-state index in [9.17, 15) is 4.79 Å². The van der Waals surface area contributed by atoms with Crippen molar-refractivity contribution in [2.75, 3.05) is 12.1 Å². The number of amides is 1. The van der Waals surface area contributed by atoms with E-state index in [-0.39, 0.29) is 18.0 Å². The fourth-order valence-corrected chi connectivity index (χ4v) is 5.14. The number of anilines is 1. The van der Waals surface area contributed by atoms with E-state index in [2.05, 4.69) is 27.6 Å². The molecule has 0 spiro atoms. The van der Waals surface area contributed by atoms with E-state index in [1.54, 1.807) is 18.2 Å². The number of fused-ring (bicyclic) bond motifs is 2. The van der Waals surface area contributed by atoms with Crippen LogP contribution in [0, 0.1) is 0 Å². The summed E-state index contributed by atoms with van der Waals surface area (Å²) in [5, 5.41) is 11.9. The van der Waals surface area contributed by atoms with Crippen molar-refractivity contribution >= 4 is 23.4 Å². The van der Waals surface area contributed by atoms with Crippen LogP contribution in [0.2, 0.25) is 0 Å². The molecule has 0 bridgehead atoms. The largest absolute Gasteiger partial charge is 0.486 e. The number of nitrogens with zero attached hydrogens (tertiary/aromatic N) is 3. The van der Waals surface area contributed by atoms with Gasteiger partial charge >= 0.3 is 0 Å². The van der Waals surface area contributed by atoms with E-state index in [0.29, 0.717) is 35.5 Å². The second-order valence-electron chi connectivity index (χ2n) is 8.39. The summed E-state index contributed by atoms with van der Waals surface area (Å²) in [6.07, 6.45) is 4.77. The maximum Gasteiger partial charge on any atom is 0.237 e. The van der Waals surface area contributed by atoms with Gasteiger partial charge in [-0.15, -0.1) is 10.2 Å². The lowest BCUT2D eigenvalue weighted by molar-refractivity contribution is -0.115. The van der Waals surface area contributed by atoms with Gasteiger partial charge < -0.3 is 24.1 Å². The Morgan fingerprint density at radius 3 is 2.79 bits per heavy atom. The minimum atomic E-state index is -0.366. The Morgan fingerprint density at radius 2 is 1.94 bits per heavy atom. The standard InChI is InChI=1S/C25H28N4O4S/c1-3-29-23(14-31-20-10-8-17-6-4-5-7-18(17)12-20)27-28-25(29)34-16(2)24(30)26-19-9-11-21-22(13-19)33-15-32-21/h8-13,16H,3-7,14-15H2,1-2H3,(H,26,30)/t16-/m0/s1. The van der Waals surface area contributed by atoms with Gasteiger partial charge in [0.05, 0.1) is 5.25 Å². The third kappa shape index (κ3) is 4.84. The van der Waals surface area contributed by atoms with Gasteiger partial charge in [-0.25, -0.2) is 0 Å². The molecule has 1 N–H and O–H groups in total. The zero-order valence-corrected chi connectivity index (χ0v) is 20.2. The Hall–Kier alpha value is -3.20. The molecule has 34 heavy (non-hydrogen) atoms. The maximum absolute atomic E-state index is 12.8. The van der Waals surface area contributed by atoms with Gasteiger partial charge in [0.15, 0.2) is 22.5 Å². The van der Waals surface area contributed by atoms with Crippen LogP contribution in [0.4, 0.5) is 5.69 Å². The summed E-state index contributed by atoms with van der Waals surface area (Å²) in [6.45, 7) is 5.11. The number of benzene rings is 2. The number of aryl methyl sites for hydroxylation is 2. The van der Waals surface area contributed by atoms with E-state index in [0.717, 1.165) is 24.4 Å². The number of carbonyl (C=O) groups excluding carboxylic acids is 1. The van der Waals surface area contributed by atoms with Crippen molar-refractivity contribution in [3.05, 3.63) is 53.3 Å². The molecule has 2 aromatic carbocycles. The molecule has 0 fully saturated rings. The predicted octanol–water partition coefficient (Wildman–Crippen LogP) is 4.60. The van der Waals surface area contributed by atoms with Gasteiger partial charge in [0.25, 0.3) is 0 Å². The number of nitrogens with one attached hydrogen (secondary N) is 1. The normalized spacial score (nSPS) is 15.0. The van der Waals surface area contributed by atoms with Gasteiger partial charge in [-0.3, -0.25) is 4.79 Å². The monoisotopic (exact) mass is 480 g/mol. The Balaban J connectivity index is 1.20. The van der Waals surface area contributed by atoms with E-state index < -0.39 is 0 Å². The lowest BCUT2D eigenvalue weighted by atomic mass is 9.92. The third-order valence-corrected chi connectivity index (χ3v) is 7.17. The zero-order valence-electron chi connectivity index (χ0n) is 19.4. The molecule has 0 radical (unpaired) electrons. The number of hydrogen-bond acceptors (Lipinski definition) is 7. The molecule has 1 aliphatic carbocycles. The van der Waals surface area contributed by atoms with Gasteiger partial charge in [0, 0.05) is 18.3 Å². The summed E-state index contributed by atoms with van der Waals surface area (Å²) in [7, 11) is 0. The van der Waals surface area contributed by atoms with Crippen LogP contribution < -0.4 is 19.5 Å². The van der Waals surface area contributed by atoms with Crippen LogP contribution in [0.3, 0.4) is 0 Å². The lowest BCUT2D eigenvalue weighted by Gasteiger charge is -2.17. The van der Waals surface area contributed by atoms with Crippen LogP contribution in [0.25, 0.3) is 0 Å². The first-order valence-electron chi connectivity index (χ1n) is 11.6. The number of rotatable bonds is 8. The SMILES string of the molecule is CCn1c(COc2ccc3c(c2)CCCC3)nnc1S[C@@H](C)C(=O)Nc1ccc2c(c1)OCO2. The molecular formula is C25H28N4O4S. The van der Waals surface area contributed by atoms with Gasteiger partial charge in [-0.05, 0) is 74.9 Å². The molecule has 178 valence electrons. The molecule has 9 heteroatoms. The summed E-state index contributed by atoms with van der Waals surface area (Å²) in [5.41, 5.74) is 3.49. The molecule has 0 unspecified atom stereocenters. The fourth-order valence-electron chi connectivity index (χ4n) is 4.21. The molecule has 3 aromatic rings. The lowest BCUT2D eigenvalue weighted by Crippen LogP contribution is -2.23. The molecule has 0 saturated carbocycles. The van der Waals surface area contributed by atoms with Gasteiger partial charge in [0.1, 0.15) is 12.4 Å². The number of aromatic nitrogens is 3. The maximum atomic E-state index is 12.8. The first-order chi connectivity index (χ1) is 16.6. The van der Waals surface area contributed by atoms with Gasteiger partial charge in [-0.2, -0.15) is 0 Å². The Morgan fingerprint density at radius 1 is 1.12 bits per heavy atom. The van der Waals surface area contributed by atoms with Crippen molar-refractivity contribution in [1.29, 1.82) is 0 Å².